The topological polar surface area (TPSA) is 42.7 Å². The zero-order valence-corrected chi connectivity index (χ0v) is 12.3. The van der Waals surface area contributed by atoms with Crippen molar-refractivity contribution < 1.29 is 0 Å². The van der Waals surface area contributed by atoms with Gasteiger partial charge in [0.1, 0.15) is 0 Å². The summed E-state index contributed by atoms with van der Waals surface area (Å²) < 4.78 is 2.64. The van der Waals surface area contributed by atoms with Gasteiger partial charge in [0.2, 0.25) is 0 Å². The summed E-state index contributed by atoms with van der Waals surface area (Å²) >= 11 is 7.47. The maximum absolute atomic E-state index is 5.89. The molecular formula is C12H17ClN4S. The molecule has 4 nitrogen and oxygen atoms in total. The lowest BCUT2D eigenvalue weighted by atomic mass is 10.1. The minimum atomic E-state index is 0.0884. The van der Waals surface area contributed by atoms with E-state index in [-0.39, 0.29) is 5.54 Å². The normalized spacial score (nSPS) is 12.0. The predicted octanol–water partition coefficient (Wildman–Crippen LogP) is 2.93. The van der Waals surface area contributed by atoms with Gasteiger partial charge in [0, 0.05) is 17.0 Å². The van der Waals surface area contributed by atoms with Crippen molar-refractivity contribution in [1.29, 1.82) is 0 Å². The van der Waals surface area contributed by atoms with Crippen LogP contribution >= 0.6 is 22.9 Å². The van der Waals surface area contributed by atoms with E-state index < -0.39 is 0 Å². The summed E-state index contributed by atoms with van der Waals surface area (Å²) in [6.07, 6.45) is 1.96. The lowest BCUT2D eigenvalue weighted by molar-refractivity contribution is 0.421. The first-order chi connectivity index (χ1) is 8.42. The van der Waals surface area contributed by atoms with Gasteiger partial charge >= 0.3 is 0 Å². The molecular weight excluding hydrogens is 268 g/mol. The van der Waals surface area contributed by atoms with Crippen LogP contribution < -0.4 is 5.32 Å². The van der Waals surface area contributed by atoms with Crippen molar-refractivity contribution in [2.24, 2.45) is 0 Å². The van der Waals surface area contributed by atoms with E-state index in [0.717, 1.165) is 23.1 Å². The smallest absolute Gasteiger partial charge is 0.0965 e. The molecule has 1 N–H and O–H groups in total. The van der Waals surface area contributed by atoms with Gasteiger partial charge in [-0.3, -0.25) is 0 Å². The first-order valence-electron chi connectivity index (χ1n) is 5.81. The van der Waals surface area contributed by atoms with Crippen LogP contribution in [0.5, 0.6) is 0 Å². The van der Waals surface area contributed by atoms with Crippen molar-refractivity contribution in [3.63, 3.8) is 0 Å². The third kappa shape index (κ3) is 4.08. The summed E-state index contributed by atoms with van der Waals surface area (Å²) in [7, 11) is 0. The molecule has 0 bridgehead atoms. The molecule has 2 rings (SSSR count). The van der Waals surface area contributed by atoms with E-state index in [1.54, 1.807) is 11.3 Å². The Bertz CT molecular complexity index is 512. The Morgan fingerprint density at radius 2 is 2.17 bits per heavy atom. The van der Waals surface area contributed by atoms with Crippen LogP contribution in [0, 0.1) is 0 Å². The van der Waals surface area contributed by atoms with E-state index in [4.69, 9.17) is 11.6 Å². The molecule has 0 saturated carbocycles. The summed E-state index contributed by atoms with van der Waals surface area (Å²) in [5.74, 6) is 0. The van der Waals surface area contributed by atoms with Crippen molar-refractivity contribution in [2.75, 3.05) is 0 Å². The lowest BCUT2D eigenvalue weighted by Crippen LogP contribution is -2.35. The van der Waals surface area contributed by atoms with Crippen LogP contribution in [0.25, 0.3) is 0 Å². The van der Waals surface area contributed by atoms with Gasteiger partial charge < -0.3 is 5.32 Å². The third-order valence-corrected chi connectivity index (χ3v) is 3.55. The van der Waals surface area contributed by atoms with Crippen molar-refractivity contribution >= 4 is 22.9 Å². The molecule has 0 aliphatic carbocycles. The minimum absolute atomic E-state index is 0.0884. The van der Waals surface area contributed by atoms with Gasteiger partial charge in [0.05, 0.1) is 22.8 Å². The molecule has 2 aromatic rings. The summed E-state index contributed by atoms with van der Waals surface area (Å²) in [5, 5.41) is 11.6. The Hall–Kier alpha value is -0.910. The zero-order chi connectivity index (χ0) is 13.2. The standard InChI is InChI=1S/C12H17ClN4S/c1-12(2,3)14-6-9-7-17(16-15-9)8-10-4-5-11(13)18-10/h4-5,7,14H,6,8H2,1-3H3. The molecule has 2 aromatic heterocycles. The Morgan fingerprint density at radius 3 is 2.78 bits per heavy atom. The third-order valence-electron chi connectivity index (χ3n) is 2.33. The van der Waals surface area contributed by atoms with Crippen LogP contribution in [0.1, 0.15) is 31.3 Å². The zero-order valence-electron chi connectivity index (χ0n) is 10.8. The van der Waals surface area contributed by atoms with Crippen LogP contribution in [0.15, 0.2) is 18.3 Å². The van der Waals surface area contributed by atoms with E-state index in [2.05, 4.69) is 36.4 Å². The Labute approximate surface area is 116 Å². The molecule has 0 aliphatic heterocycles. The van der Waals surface area contributed by atoms with E-state index in [9.17, 15) is 0 Å². The van der Waals surface area contributed by atoms with Crippen LogP contribution in [0.3, 0.4) is 0 Å². The molecule has 0 radical (unpaired) electrons. The molecule has 2 heterocycles. The average molecular weight is 285 g/mol. The highest BCUT2D eigenvalue weighted by atomic mass is 35.5. The van der Waals surface area contributed by atoms with E-state index in [1.165, 1.54) is 4.88 Å². The van der Waals surface area contributed by atoms with Crippen LogP contribution in [-0.4, -0.2) is 20.5 Å². The van der Waals surface area contributed by atoms with E-state index in [1.807, 2.05) is 23.0 Å². The lowest BCUT2D eigenvalue weighted by Gasteiger charge is -2.19. The van der Waals surface area contributed by atoms with Crippen LogP contribution in [0.2, 0.25) is 4.34 Å². The maximum Gasteiger partial charge on any atom is 0.0965 e. The Balaban J connectivity index is 1.94. The molecule has 0 atom stereocenters. The van der Waals surface area contributed by atoms with E-state index in [0.29, 0.717) is 0 Å². The number of nitrogens with zero attached hydrogens (tertiary/aromatic N) is 3. The Morgan fingerprint density at radius 1 is 1.39 bits per heavy atom. The monoisotopic (exact) mass is 284 g/mol. The quantitative estimate of drug-likeness (QED) is 0.939. The minimum Gasteiger partial charge on any atom is -0.306 e. The van der Waals surface area contributed by atoms with Gasteiger partial charge in [-0.25, -0.2) is 4.68 Å². The SMILES string of the molecule is CC(C)(C)NCc1cn(Cc2ccc(Cl)s2)nn1. The second-order valence-corrected chi connectivity index (χ2v) is 7.02. The number of hydrogen-bond donors (Lipinski definition) is 1. The number of aromatic nitrogens is 3. The molecule has 0 aromatic carbocycles. The molecule has 0 spiro atoms. The molecule has 18 heavy (non-hydrogen) atoms. The van der Waals surface area contributed by atoms with Gasteiger partial charge in [0.25, 0.3) is 0 Å². The van der Waals surface area contributed by atoms with Gasteiger partial charge in [-0.2, -0.15) is 0 Å². The van der Waals surface area contributed by atoms with Crippen molar-refractivity contribution in [3.05, 3.63) is 33.2 Å². The highest BCUT2D eigenvalue weighted by Gasteiger charge is 2.10. The largest absolute Gasteiger partial charge is 0.306 e. The molecule has 0 saturated heterocycles. The van der Waals surface area contributed by atoms with Crippen LogP contribution in [0.4, 0.5) is 0 Å². The van der Waals surface area contributed by atoms with Gasteiger partial charge in [0.15, 0.2) is 0 Å². The fourth-order valence-electron chi connectivity index (χ4n) is 1.45. The average Bonchev–Trinajstić information content (AvgIpc) is 2.85. The van der Waals surface area contributed by atoms with Gasteiger partial charge in [-0.1, -0.05) is 16.8 Å². The fraction of sp³-hybridized carbons (Fsp3) is 0.500. The number of nitrogens with one attached hydrogen (secondary N) is 1. The first-order valence-corrected chi connectivity index (χ1v) is 7.00. The molecule has 0 fully saturated rings. The number of thiophene rings is 1. The van der Waals surface area contributed by atoms with Crippen molar-refractivity contribution in [3.8, 4) is 0 Å². The highest BCUT2D eigenvalue weighted by molar-refractivity contribution is 7.16. The summed E-state index contributed by atoms with van der Waals surface area (Å²) in [5.41, 5.74) is 1.04. The van der Waals surface area contributed by atoms with E-state index >= 15 is 0 Å². The first kappa shape index (κ1) is 13.5. The molecule has 98 valence electrons. The summed E-state index contributed by atoms with van der Waals surface area (Å²) in [6, 6.07) is 3.92. The number of hydrogen-bond acceptors (Lipinski definition) is 4. The maximum atomic E-state index is 5.89. The number of halogens is 1. The van der Waals surface area contributed by atoms with Gasteiger partial charge in [-0.15, -0.1) is 16.4 Å². The predicted molar refractivity (Wildman–Crippen MR) is 75.0 cm³/mol. The molecule has 0 aliphatic rings. The fourth-order valence-corrected chi connectivity index (χ4v) is 2.53. The van der Waals surface area contributed by atoms with Gasteiger partial charge in [-0.05, 0) is 32.9 Å². The van der Waals surface area contributed by atoms with Crippen molar-refractivity contribution in [2.45, 2.75) is 39.4 Å². The second-order valence-electron chi connectivity index (χ2n) is 5.22. The highest BCUT2D eigenvalue weighted by Crippen LogP contribution is 2.21. The Kier molecular flexibility index (Phi) is 4.04. The molecule has 0 amide bonds. The summed E-state index contributed by atoms with van der Waals surface area (Å²) in [4.78, 5) is 1.18. The second kappa shape index (κ2) is 5.38. The van der Waals surface area contributed by atoms with Crippen LogP contribution in [-0.2, 0) is 13.1 Å². The molecule has 6 heteroatoms. The molecule has 0 unspecified atom stereocenters. The number of rotatable bonds is 4. The van der Waals surface area contributed by atoms with Crippen molar-refractivity contribution in [1.82, 2.24) is 20.3 Å². The summed E-state index contributed by atoms with van der Waals surface area (Å²) in [6.45, 7) is 7.84.